The normalized spacial score (nSPS) is 13.9. The summed E-state index contributed by atoms with van der Waals surface area (Å²) >= 11 is 1.51. The van der Waals surface area contributed by atoms with Gasteiger partial charge in [0.1, 0.15) is 17.1 Å². The number of likely N-dealkylation sites (N-methyl/N-ethyl adjacent to an activating group) is 1. The second kappa shape index (κ2) is 8.09. The first-order valence-corrected chi connectivity index (χ1v) is 10.9. The van der Waals surface area contributed by atoms with Crippen LogP contribution in [0.5, 0.6) is 0 Å². The van der Waals surface area contributed by atoms with Crippen molar-refractivity contribution in [2.24, 2.45) is 0 Å². The summed E-state index contributed by atoms with van der Waals surface area (Å²) in [4.78, 5) is 21.3. The van der Waals surface area contributed by atoms with E-state index in [4.69, 9.17) is 0 Å². The van der Waals surface area contributed by atoms with E-state index < -0.39 is 5.82 Å². The van der Waals surface area contributed by atoms with Crippen LogP contribution in [-0.4, -0.2) is 43.2 Å². The second-order valence-corrected chi connectivity index (χ2v) is 8.38. The molecule has 0 saturated carbocycles. The molecule has 0 bridgehead atoms. The molecular weight excluding hydrogens is 415 g/mol. The van der Waals surface area contributed by atoms with Crippen LogP contribution in [0.1, 0.15) is 27.9 Å². The van der Waals surface area contributed by atoms with Crippen molar-refractivity contribution >= 4 is 22.4 Å². The summed E-state index contributed by atoms with van der Waals surface area (Å²) in [6.45, 7) is 4.98. The zero-order valence-electron chi connectivity index (χ0n) is 17.0. The minimum absolute atomic E-state index is 0.273. The molecule has 1 aromatic carbocycles. The first kappa shape index (κ1) is 19.7. The van der Waals surface area contributed by atoms with Gasteiger partial charge in [0, 0.05) is 36.8 Å². The molecule has 0 radical (unpaired) electrons. The van der Waals surface area contributed by atoms with Gasteiger partial charge in [-0.3, -0.25) is 15.0 Å². The Balaban J connectivity index is 1.49. The highest BCUT2D eigenvalue weighted by Gasteiger charge is 2.24. The molecule has 1 N–H and O–H groups in total. The number of para-hydroxylation sites is 1. The van der Waals surface area contributed by atoms with Gasteiger partial charge in [-0.15, -0.1) is 11.3 Å². The monoisotopic (exact) mass is 436 g/mol. The lowest BCUT2D eigenvalue weighted by molar-refractivity contribution is 0.102. The average Bonchev–Trinajstić information content (AvgIpc) is 3.51. The van der Waals surface area contributed by atoms with Gasteiger partial charge in [0.25, 0.3) is 5.91 Å². The molecule has 158 valence electrons. The van der Waals surface area contributed by atoms with Crippen molar-refractivity contribution < 1.29 is 9.18 Å². The summed E-state index contributed by atoms with van der Waals surface area (Å²) in [5.41, 5.74) is 1.66. The van der Waals surface area contributed by atoms with E-state index in [1.165, 1.54) is 33.2 Å². The van der Waals surface area contributed by atoms with E-state index in [-0.39, 0.29) is 11.6 Å². The van der Waals surface area contributed by atoms with Gasteiger partial charge in [0.05, 0.1) is 11.9 Å². The van der Waals surface area contributed by atoms with Crippen molar-refractivity contribution in [1.82, 2.24) is 24.2 Å². The number of thiazole rings is 1. The Kier molecular flexibility index (Phi) is 5.13. The third-order valence-corrected chi connectivity index (χ3v) is 6.39. The maximum Gasteiger partial charge on any atom is 0.262 e. The quantitative estimate of drug-likeness (QED) is 0.515. The lowest BCUT2D eigenvalue weighted by Gasteiger charge is -2.23. The number of nitrogens with one attached hydrogen (secondary N) is 1. The minimum atomic E-state index is -0.418. The van der Waals surface area contributed by atoms with Crippen molar-refractivity contribution in [3.05, 3.63) is 76.9 Å². The van der Waals surface area contributed by atoms with Gasteiger partial charge in [0.2, 0.25) is 0 Å². The van der Waals surface area contributed by atoms with Crippen LogP contribution in [0.2, 0.25) is 0 Å². The van der Waals surface area contributed by atoms with Crippen LogP contribution in [0.15, 0.2) is 55.0 Å². The molecule has 0 fully saturated rings. The molecule has 3 aromatic heterocycles. The van der Waals surface area contributed by atoms with E-state index in [0.717, 1.165) is 31.7 Å². The first-order chi connectivity index (χ1) is 15.1. The topological polar surface area (TPSA) is 68.0 Å². The molecule has 7 nitrogen and oxygen atoms in total. The second-order valence-electron chi connectivity index (χ2n) is 7.30. The van der Waals surface area contributed by atoms with Crippen molar-refractivity contribution in [3.63, 3.8) is 0 Å². The minimum Gasteiger partial charge on any atom is -0.308 e. The van der Waals surface area contributed by atoms with E-state index >= 15 is 0 Å². The van der Waals surface area contributed by atoms with Crippen molar-refractivity contribution in [2.75, 3.05) is 18.4 Å². The van der Waals surface area contributed by atoms with Crippen LogP contribution in [0.4, 0.5) is 9.52 Å². The van der Waals surface area contributed by atoms with Crippen LogP contribution in [-0.2, 0) is 13.0 Å². The van der Waals surface area contributed by atoms with E-state index in [9.17, 15) is 9.18 Å². The van der Waals surface area contributed by atoms with E-state index in [1.54, 1.807) is 35.2 Å². The molecule has 4 heterocycles. The summed E-state index contributed by atoms with van der Waals surface area (Å²) in [7, 11) is 0. The number of hydrogen-bond acceptors (Lipinski definition) is 5. The van der Waals surface area contributed by atoms with Gasteiger partial charge in [-0.25, -0.2) is 14.1 Å². The molecule has 5 rings (SSSR count). The van der Waals surface area contributed by atoms with Crippen LogP contribution in [0, 0.1) is 5.82 Å². The van der Waals surface area contributed by atoms with Crippen LogP contribution < -0.4 is 5.32 Å². The number of hydrogen-bond donors (Lipinski definition) is 1. The summed E-state index contributed by atoms with van der Waals surface area (Å²) in [5, 5.41) is 7.82. The molecule has 0 spiro atoms. The summed E-state index contributed by atoms with van der Waals surface area (Å²) < 4.78 is 17.7. The number of aromatic nitrogens is 4. The van der Waals surface area contributed by atoms with Crippen LogP contribution in [0.3, 0.4) is 0 Å². The fraction of sp³-hybridized carbons (Fsp3) is 0.227. The van der Waals surface area contributed by atoms with Gasteiger partial charge in [0.15, 0.2) is 10.9 Å². The first-order valence-electron chi connectivity index (χ1n) is 10.1. The van der Waals surface area contributed by atoms with Crippen molar-refractivity contribution in [1.29, 1.82) is 0 Å². The van der Waals surface area contributed by atoms with Crippen molar-refractivity contribution in [3.8, 4) is 11.5 Å². The highest BCUT2D eigenvalue weighted by atomic mass is 32.1. The Bertz CT molecular complexity index is 1230. The van der Waals surface area contributed by atoms with Gasteiger partial charge < -0.3 is 4.57 Å². The Morgan fingerprint density at radius 1 is 1.23 bits per heavy atom. The standard InChI is InChI=1S/C22H21FN6OS/c1-2-27-12-9-17-19(14-27)31-22(25-17)26-20(30)15-13-24-29(18-8-4-3-7-16(18)23)21(15)28-10-5-6-11-28/h3-8,10-11,13H,2,9,12,14H2,1H3,(H,25,26,30). The number of fused-ring (bicyclic) bond motifs is 1. The lowest BCUT2D eigenvalue weighted by Crippen LogP contribution is -2.29. The zero-order valence-corrected chi connectivity index (χ0v) is 17.8. The molecule has 4 aromatic rings. The summed E-state index contributed by atoms with van der Waals surface area (Å²) in [6, 6.07) is 10.0. The number of carbonyl (C=O) groups is 1. The number of carbonyl (C=O) groups excluding carboxylic acids is 1. The molecule has 0 unspecified atom stereocenters. The molecule has 0 aliphatic carbocycles. The summed E-state index contributed by atoms with van der Waals surface area (Å²) in [6.07, 6.45) is 5.94. The Labute approximate surface area is 182 Å². The fourth-order valence-corrected chi connectivity index (χ4v) is 4.81. The summed E-state index contributed by atoms with van der Waals surface area (Å²) in [5.74, 6) is -0.283. The molecule has 31 heavy (non-hydrogen) atoms. The lowest BCUT2D eigenvalue weighted by atomic mass is 10.2. The average molecular weight is 437 g/mol. The molecule has 1 amide bonds. The third-order valence-electron chi connectivity index (χ3n) is 5.40. The highest BCUT2D eigenvalue weighted by molar-refractivity contribution is 7.15. The molecule has 1 aliphatic rings. The van der Waals surface area contributed by atoms with Gasteiger partial charge in [-0.05, 0) is 30.8 Å². The molecule has 0 atom stereocenters. The van der Waals surface area contributed by atoms with E-state index in [2.05, 4.69) is 27.2 Å². The number of benzene rings is 1. The Hall–Kier alpha value is -3.30. The molecule has 1 aliphatic heterocycles. The number of halogens is 1. The molecule has 0 saturated heterocycles. The van der Waals surface area contributed by atoms with E-state index in [0.29, 0.717) is 16.5 Å². The van der Waals surface area contributed by atoms with Gasteiger partial charge >= 0.3 is 0 Å². The third kappa shape index (κ3) is 3.66. The van der Waals surface area contributed by atoms with Gasteiger partial charge in [-0.1, -0.05) is 19.1 Å². The number of rotatable bonds is 5. The number of anilines is 1. The van der Waals surface area contributed by atoms with Gasteiger partial charge in [-0.2, -0.15) is 5.10 Å². The maximum atomic E-state index is 14.5. The smallest absolute Gasteiger partial charge is 0.262 e. The zero-order chi connectivity index (χ0) is 21.4. The molecule has 9 heteroatoms. The van der Waals surface area contributed by atoms with Crippen molar-refractivity contribution in [2.45, 2.75) is 19.9 Å². The maximum absolute atomic E-state index is 14.5. The van der Waals surface area contributed by atoms with Crippen LogP contribution in [0.25, 0.3) is 11.5 Å². The highest BCUT2D eigenvalue weighted by Crippen LogP contribution is 2.29. The molecular formula is C22H21FN6OS. The van der Waals surface area contributed by atoms with Crippen LogP contribution >= 0.6 is 11.3 Å². The van der Waals surface area contributed by atoms with E-state index in [1.807, 2.05) is 12.1 Å². The fourth-order valence-electron chi connectivity index (χ4n) is 3.76. The predicted octanol–water partition coefficient (Wildman–Crippen LogP) is 3.89. The largest absolute Gasteiger partial charge is 0.308 e. The Morgan fingerprint density at radius 3 is 2.81 bits per heavy atom. The predicted molar refractivity (Wildman–Crippen MR) is 118 cm³/mol. The Morgan fingerprint density at radius 2 is 2.03 bits per heavy atom. The SMILES string of the molecule is CCN1CCc2nc(NC(=O)c3cnn(-c4ccccc4F)c3-n3cccc3)sc2C1. The number of amides is 1. The number of nitrogens with zero attached hydrogens (tertiary/aromatic N) is 5.